The van der Waals surface area contributed by atoms with Crippen LogP contribution in [0.4, 0.5) is 4.39 Å². The van der Waals surface area contributed by atoms with E-state index in [1.165, 1.54) is 0 Å². The second-order valence-corrected chi connectivity index (χ2v) is 6.77. The van der Waals surface area contributed by atoms with Gasteiger partial charge in [-0.1, -0.05) is 0 Å². The van der Waals surface area contributed by atoms with Crippen LogP contribution >= 0.6 is 0 Å². The second-order valence-electron chi connectivity index (χ2n) is 5.21. The minimum absolute atomic E-state index is 0.0596. The summed E-state index contributed by atoms with van der Waals surface area (Å²) in [7, 11) is -4.05. The highest BCUT2D eigenvalue weighted by atomic mass is 32.2. The van der Waals surface area contributed by atoms with Gasteiger partial charge in [-0.3, -0.25) is 14.9 Å². The number of aromatic amines is 1. The molecule has 0 aliphatic heterocycles. The molecule has 3 aromatic rings. The molecule has 0 radical (unpaired) electrons. The van der Waals surface area contributed by atoms with Crippen LogP contribution in [0.25, 0.3) is 11.4 Å². The van der Waals surface area contributed by atoms with Crippen LogP contribution in [-0.2, 0) is 16.6 Å². The van der Waals surface area contributed by atoms with E-state index in [0.29, 0.717) is 11.6 Å². The number of aromatic nitrogens is 4. The second kappa shape index (κ2) is 6.98. The minimum Gasteiger partial charge on any atom is -0.345 e. The Morgan fingerprint density at radius 1 is 1.23 bits per heavy atom. The molecule has 2 heterocycles. The lowest BCUT2D eigenvalue weighted by molar-refractivity contribution is 0.0945. The van der Waals surface area contributed by atoms with Gasteiger partial charge in [0.05, 0.1) is 17.0 Å². The van der Waals surface area contributed by atoms with Crippen molar-refractivity contribution in [3.63, 3.8) is 0 Å². The van der Waals surface area contributed by atoms with Crippen LogP contribution in [0.1, 0.15) is 16.2 Å². The number of benzene rings is 1. The number of nitrogens with two attached hydrogens (primary N) is 1. The third kappa shape index (κ3) is 3.90. The van der Waals surface area contributed by atoms with Gasteiger partial charge in [0, 0.05) is 18.0 Å². The summed E-state index contributed by atoms with van der Waals surface area (Å²) in [6, 6.07) is 6.17. The Balaban J connectivity index is 1.73. The van der Waals surface area contributed by atoms with E-state index in [1.54, 1.807) is 24.5 Å². The maximum atomic E-state index is 13.8. The van der Waals surface area contributed by atoms with Crippen molar-refractivity contribution in [1.29, 1.82) is 0 Å². The quantitative estimate of drug-likeness (QED) is 0.594. The highest BCUT2D eigenvalue weighted by Crippen LogP contribution is 2.15. The van der Waals surface area contributed by atoms with Crippen LogP contribution in [0.5, 0.6) is 0 Å². The molecule has 4 N–H and O–H groups in total. The predicted molar refractivity (Wildman–Crippen MR) is 88.6 cm³/mol. The van der Waals surface area contributed by atoms with Gasteiger partial charge in [-0.2, -0.15) is 5.10 Å². The average Bonchev–Trinajstić information content (AvgIpc) is 3.09. The third-order valence-electron chi connectivity index (χ3n) is 3.40. The van der Waals surface area contributed by atoms with Crippen LogP contribution < -0.4 is 10.5 Å². The topological polar surface area (TPSA) is 144 Å². The predicted octanol–water partition coefficient (Wildman–Crippen LogP) is 0.583. The fraction of sp³-hybridized carbons (Fsp3) is 0.0667. The molecule has 0 fully saturated rings. The van der Waals surface area contributed by atoms with E-state index in [4.69, 9.17) is 5.14 Å². The molecule has 0 atom stereocenters. The van der Waals surface area contributed by atoms with Gasteiger partial charge in [0.2, 0.25) is 10.0 Å². The normalized spacial score (nSPS) is 11.3. The summed E-state index contributed by atoms with van der Waals surface area (Å²) in [5.74, 6) is -0.924. The van der Waals surface area contributed by atoms with Crippen molar-refractivity contribution in [3.8, 4) is 11.4 Å². The van der Waals surface area contributed by atoms with Crippen molar-refractivity contribution < 1.29 is 17.6 Å². The zero-order valence-electron chi connectivity index (χ0n) is 13.2. The number of sulfonamides is 1. The lowest BCUT2D eigenvalue weighted by Gasteiger charge is -2.06. The highest BCUT2D eigenvalue weighted by Gasteiger charge is 2.17. The fourth-order valence-electron chi connectivity index (χ4n) is 2.12. The molecule has 1 amide bonds. The molecule has 0 aliphatic carbocycles. The number of primary sulfonamides is 1. The summed E-state index contributed by atoms with van der Waals surface area (Å²) < 4.78 is 36.5. The molecule has 0 saturated heterocycles. The van der Waals surface area contributed by atoms with Gasteiger partial charge < -0.3 is 5.32 Å². The van der Waals surface area contributed by atoms with E-state index in [9.17, 15) is 17.6 Å². The van der Waals surface area contributed by atoms with E-state index < -0.39 is 27.3 Å². The average molecular weight is 376 g/mol. The first-order valence-electron chi connectivity index (χ1n) is 7.27. The number of nitrogens with zero attached hydrogens (tertiary/aromatic N) is 3. The van der Waals surface area contributed by atoms with Gasteiger partial charge in [0.25, 0.3) is 5.91 Å². The van der Waals surface area contributed by atoms with Crippen LogP contribution in [0.3, 0.4) is 0 Å². The van der Waals surface area contributed by atoms with Crippen molar-refractivity contribution in [3.05, 3.63) is 59.9 Å². The van der Waals surface area contributed by atoms with Crippen LogP contribution in [-0.4, -0.2) is 34.5 Å². The first kappa shape index (κ1) is 17.6. The number of nitrogens with one attached hydrogen (secondary N) is 2. The third-order valence-corrected chi connectivity index (χ3v) is 4.31. The molecule has 0 spiro atoms. The Morgan fingerprint density at radius 3 is 2.65 bits per heavy atom. The summed E-state index contributed by atoms with van der Waals surface area (Å²) in [6.45, 7) is -0.0596. The molecule has 0 bridgehead atoms. The molecule has 1 aromatic carbocycles. The van der Waals surface area contributed by atoms with Crippen molar-refractivity contribution >= 4 is 15.9 Å². The Labute approximate surface area is 147 Å². The molecule has 26 heavy (non-hydrogen) atoms. The number of amides is 1. The minimum atomic E-state index is -4.05. The molecule has 2 aromatic heterocycles. The van der Waals surface area contributed by atoms with Crippen molar-refractivity contribution in [2.24, 2.45) is 5.14 Å². The number of hydrogen-bond donors (Lipinski definition) is 3. The molecule has 134 valence electrons. The first-order chi connectivity index (χ1) is 12.3. The molecule has 3 rings (SSSR count). The van der Waals surface area contributed by atoms with Crippen LogP contribution in [0.15, 0.2) is 47.6 Å². The van der Waals surface area contributed by atoms with Crippen molar-refractivity contribution in [2.45, 2.75) is 11.4 Å². The number of pyridine rings is 1. The number of carbonyl (C=O) groups excluding carboxylic acids is 1. The van der Waals surface area contributed by atoms with Gasteiger partial charge in [-0.05, 0) is 30.3 Å². The summed E-state index contributed by atoms with van der Waals surface area (Å²) in [4.78, 5) is 19.9. The van der Waals surface area contributed by atoms with E-state index in [-0.39, 0.29) is 11.4 Å². The van der Waals surface area contributed by atoms with Gasteiger partial charge >= 0.3 is 0 Å². The van der Waals surface area contributed by atoms with Crippen molar-refractivity contribution in [2.75, 3.05) is 0 Å². The molecule has 0 saturated carbocycles. The smallest absolute Gasteiger partial charge is 0.254 e. The molecule has 11 heteroatoms. The summed E-state index contributed by atoms with van der Waals surface area (Å²) in [5, 5.41) is 14.1. The Morgan fingerprint density at radius 2 is 1.96 bits per heavy atom. The number of H-pyrrole nitrogens is 1. The molecule has 0 aliphatic rings. The number of carbonyl (C=O) groups is 1. The SMILES string of the molecule is NS(=O)(=O)c1ccc(F)c(C(=O)NCc2nc(-c3ccncc3)n[nH]2)c1. The van der Waals surface area contributed by atoms with Crippen LogP contribution in [0, 0.1) is 5.82 Å². The maximum absolute atomic E-state index is 13.8. The molecule has 0 unspecified atom stereocenters. The summed E-state index contributed by atoms with van der Waals surface area (Å²) in [5.41, 5.74) is 0.297. The lowest BCUT2D eigenvalue weighted by atomic mass is 10.2. The van der Waals surface area contributed by atoms with E-state index in [1.807, 2.05) is 0 Å². The van der Waals surface area contributed by atoms with Crippen molar-refractivity contribution in [1.82, 2.24) is 25.5 Å². The highest BCUT2D eigenvalue weighted by molar-refractivity contribution is 7.89. The monoisotopic (exact) mass is 376 g/mol. The number of hydrogen-bond acceptors (Lipinski definition) is 6. The lowest BCUT2D eigenvalue weighted by Crippen LogP contribution is -2.25. The summed E-state index contributed by atoms with van der Waals surface area (Å²) >= 11 is 0. The number of rotatable bonds is 5. The standard InChI is InChI=1S/C15H13FN6O3S/c16-12-2-1-10(26(17,24)25)7-11(12)15(23)19-8-13-20-14(22-21-13)9-3-5-18-6-4-9/h1-7H,8H2,(H,19,23)(H2,17,24,25)(H,20,21,22). The molecule has 9 nitrogen and oxygen atoms in total. The largest absolute Gasteiger partial charge is 0.345 e. The zero-order chi connectivity index (χ0) is 18.7. The zero-order valence-corrected chi connectivity index (χ0v) is 14.0. The van der Waals surface area contributed by atoms with Gasteiger partial charge in [0.1, 0.15) is 11.6 Å². The molecular formula is C15H13FN6O3S. The van der Waals surface area contributed by atoms with E-state index in [2.05, 4.69) is 25.5 Å². The molecular weight excluding hydrogens is 363 g/mol. The first-order valence-corrected chi connectivity index (χ1v) is 8.81. The van der Waals surface area contributed by atoms with Crippen LogP contribution in [0.2, 0.25) is 0 Å². The summed E-state index contributed by atoms with van der Waals surface area (Å²) in [6.07, 6.45) is 3.18. The fourth-order valence-corrected chi connectivity index (χ4v) is 2.66. The Kier molecular flexibility index (Phi) is 4.73. The Bertz CT molecular complexity index is 1050. The van der Waals surface area contributed by atoms with E-state index in [0.717, 1.165) is 23.8 Å². The number of halogens is 1. The Hall–Kier alpha value is -3.18. The van der Waals surface area contributed by atoms with Gasteiger partial charge in [-0.25, -0.2) is 22.9 Å². The van der Waals surface area contributed by atoms with E-state index >= 15 is 0 Å². The van der Waals surface area contributed by atoms with Gasteiger partial charge in [0.15, 0.2) is 5.82 Å². The maximum Gasteiger partial charge on any atom is 0.254 e. The van der Waals surface area contributed by atoms with Gasteiger partial charge in [-0.15, -0.1) is 0 Å².